The maximum absolute atomic E-state index is 13.3. The molecule has 38 heavy (non-hydrogen) atoms. The number of nitrogens with zero attached hydrogens (tertiary/aromatic N) is 2. The normalized spacial score (nSPS) is 10.7. The predicted molar refractivity (Wildman–Crippen MR) is 151 cm³/mol. The molecule has 6 heteroatoms. The van der Waals surface area contributed by atoms with E-state index in [1.807, 2.05) is 97.9 Å². The second-order valence-electron chi connectivity index (χ2n) is 8.46. The molecule has 0 atom stereocenters. The summed E-state index contributed by atoms with van der Waals surface area (Å²) in [4.78, 5) is 29.4. The van der Waals surface area contributed by atoms with Crippen molar-refractivity contribution in [3.05, 3.63) is 126 Å². The maximum Gasteiger partial charge on any atom is 0.424 e. The number of benzene rings is 4. The van der Waals surface area contributed by atoms with E-state index in [1.165, 1.54) is 12.0 Å². The number of rotatable bonds is 9. The van der Waals surface area contributed by atoms with Gasteiger partial charge >= 0.3 is 6.09 Å². The Balaban J connectivity index is 1.50. The van der Waals surface area contributed by atoms with Crippen LogP contribution in [0.1, 0.15) is 18.1 Å². The second kappa shape index (κ2) is 12.9. The Hall–Kier alpha value is -4.84. The zero-order chi connectivity index (χ0) is 26.7. The molecule has 0 aliphatic carbocycles. The maximum atomic E-state index is 13.3. The van der Waals surface area contributed by atoms with Crippen LogP contribution in [0.5, 0.6) is 11.5 Å². The zero-order valence-electron chi connectivity index (χ0n) is 21.5. The lowest BCUT2D eigenvalue weighted by Gasteiger charge is -2.22. The summed E-state index contributed by atoms with van der Waals surface area (Å²) in [5.41, 5.74) is 3.17. The molecular formula is C32H30N2O4. The van der Waals surface area contributed by atoms with Crippen molar-refractivity contribution in [1.29, 1.82) is 0 Å². The van der Waals surface area contributed by atoms with E-state index in [1.54, 1.807) is 35.3 Å². The lowest BCUT2D eigenvalue weighted by Crippen LogP contribution is -2.29. The lowest BCUT2D eigenvalue weighted by molar-refractivity contribution is -0.126. The number of carbonyl (C=O) groups is 2. The standard InChI is InChI=1S/C32H30N2O4/c1-3-33(24-26-13-7-4-8-14-26)31(35)22-20-25-19-21-29(30(23-25)37-2)38-32(36)34(27-15-9-5-10-16-27)28-17-11-6-12-18-28/h4-23H,3,24H2,1-2H3/b22-20+. The quantitative estimate of drug-likeness (QED) is 0.227. The molecular weight excluding hydrogens is 476 g/mol. The van der Waals surface area contributed by atoms with Crippen LogP contribution in [-0.2, 0) is 11.3 Å². The highest BCUT2D eigenvalue weighted by molar-refractivity contribution is 5.97. The number of hydrogen-bond donors (Lipinski definition) is 0. The lowest BCUT2D eigenvalue weighted by atomic mass is 10.1. The van der Waals surface area contributed by atoms with Crippen LogP contribution in [-0.4, -0.2) is 30.6 Å². The van der Waals surface area contributed by atoms with E-state index in [2.05, 4.69) is 0 Å². The summed E-state index contributed by atoms with van der Waals surface area (Å²) in [7, 11) is 1.51. The van der Waals surface area contributed by atoms with Gasteiger partial charge in [-0.05, 0) is 60.5 Å². The SMILES string of the molecule is CCN(Cc1ccccc1)C(=O)/C=C/c1ccc(OC(=O)N(c2ccccc2)c2ccccc2)c(OC)c1. The molecule has 0 radical (unpaired) electrons. The number of anilines is 2. The van der Waals surface area contributed by atoms with Crippen LogP contribution in [0.3, 0.4) is 0 Å². The summed E-state index contributed by atoms with van der Waals surface area (Å²) in [6.07, 6.45) is 2.70. The van der Waals surface area contributed by atoms with E-state index < -0.39 is 6.09 Å². The Bertz CT molecular complexity index is 1330. The number of para-hydroxylation sites is 2. The van der Waals surface area contributed by atoms with Crippen molar-refractivity contribution in [2.24, 2.45) is 0 Å². The third-order valence-corrected chi connectivity index (χ3v) is 5.92. The van der Waals surface area contributed by atoms with E-state index in [-0.39, 0.29) is 11.7 Å². The number of methoxy groups -OCH3 is 1. The molecule has 0 aliphatic rings. The van der Waals surface area contributed by atoms with Crippen molar-refractivity contribution in [2.75, 3.05) is 18.6 Å². The Kier molecular flexibility index (Phi) is 8.92. The van der Waals surface area contributed by atoms with Crippen LogP contribution >= 0.6 is 0 Å². The van der Waals surface area contributed by atoms with Crippen molar-refractivity contribution in [1.82, 2.24) is 4.90 Å². The van der Waals surface area contributed by atoms with Gasteiger partial charge < -0.3 is 14.4 Å². The van der Waals surface area contributed by atoms with Gasteiger partial charge in [0.15, 0.2) is 11.5 Å². The number of hydrogen-bond acceptors (Lipinski definition) is 4. The first kappa shape index (κ1) is 26.2. The van der Waals surface area contributed by atoms with E-state index in [0.29, 0.717) is 30.2 Å². The molecule has 0 fully saturated rings. The van der Waals surface area contributed by atoms with Crippen LogP contribution in [0.15, 0.2) is 115 Å². The molecule has 6 nitrogen and oxygen atoms in total. The van der Waals surface area contributed by atoms with Gasteiger partial charge in [-0.15, -0.1) is 0 Å². The van der Waals surface area contributed by atoms with Gasteiger partial charge in [0.05, 0.1) is 18.5 Å². The van der Waals surface area contributed by atoms with Crippen molar-refractivity contribution in [2.45, 2.75) is 13.5 Å². The Morgan fingerprint density at radius 1 is 0.763 bits per heavy atom. The molecule has 0 spiro atoms. The van der Waals surface area contributed by atoms with Crippen LogP contribution in [0.4, 0.5) is 16.2 Å². The highest BCUT2D eigenvalue weighted by atomic mass is 16.6. The van der Waals surface area contributed by atoms with Gasteiger partial charge in [-0.2, -0.15) is 0 Å². The highest BCUT2D eigenvalue weighted by Gasteiger charge is 2.21. The molecule has 0 N–H and O–H groups in total. The van der Waals surface area contributed by atoms with Gasteiger partial charge in [0.25, 0.3) is 0 Å². The van der Waals surface area contributed by atoms with E-state index in [4.69, 9.17) is 9.47 Å². The fourth-order valence-corrected chi connectivity index (χ4v) is 3.95. The van der Waals surface area contributed by atoms with Gasteiger partial charge in [0, 0.05) is 19.2 Å². The number of likely N-dealkylation sites (N-methyl/N-ethyl adjacent to an activating group) is 1. The van der Waals surface area contributed by atoms with Crippen LogP contribution in [0, 0.1) is 0 Å². The van der Waals surface area contributed by atoms with Crippen LogP contribution < -0.4 is 14.4 Å². The van der Waals surface area contributed by atoms with Gasteiger partial charge in [-0.25, -0.2) is 9.69 Å². The van der Waals surface area contributed by atoms with E-state index in [0.717, 1.165) is 11.1 Å². The molecule has 192 valence electrons. The monoisotopic (exact) mass is 506 g/mol. The molecule has 4 rings (SSSR count). The molecule has 0 heterocycles. The van der Waals surface area contributed by atoms with E-state index in [9.17, 15) is 9.59 Å². The second-order valence-corrected chi connectivity index (χ2v) is 8.46. The smallest absolute Gasteiger partial charge is 0.424 e. The Morgan fingerprint density at radius 2 is 1.34 bits per heavy atom. The van der Waals surface area contributed by atoms with Crippen molar-refractivity contribution < 1.29 is 19.1 Å². The van der Waals surface area contributed by atoms with Gasteiger partial charge in [0.1, 0.15) is 0 Å². The zero-order valence-corrected chi connectivity index (χ0v) is 21.5. The summed E-state index contributed by atoms with van der Waals surface area (Å²) in [5.74, 6) is 0.565. The fraction of sp³-hybridized carbons (Fsp3) is 0.125. The molecule has 0 aromatic heterocycles. The molecule has 4 aromatic carbocycles. The Labute approximate surface area is 223 Å². The molecule has 2 amide bonds. The minimum absolute atomic E-state index is 0.0906. The van der Waals surface area contributed by atoms with Crippen molar-refractivity contribution >= 4 is 29.5 Å². The first-order valence-electron chi connectivity index (χ1n) is 12.4. The van der Waals surface area contributed by atoms with Gasteiger partial charge in [0.2, 0.25) is 5.91 Å². The average molecular weight is 507 g/mol. The van der Waals surface area contributed by atoms with Crippen molar-refractivity contribution in [3.8, 4) is 11.5 Å². The van der Waals surface area contributed by atoms with Gasteiger partial charge in [-0.3, -0.25) is 4.79 Å². The van der Waals surface area contributed by atoms with E-state index >= 15 is 0 Å². The molecule has 0 bridgehead atoms. The summed E-state index contributed by atoms with van der Waals surface area (Å²) in [6.45, 7) is 3.09. The fourth-order valence-electron chi connectivity index (χ4n) is 3.95. The summed E-state index contributed by atoms with van der Waals surface area (Å²) in [6, 6.07) is 33.6. The predicted octanol–water partition coefficient (Wildman–Crippen LogP) is 7.09. The average Bonchev–Trinajstić information content (AvgIpc) is 2.97. The summed E-state index contributed by atoms with van der Waals surface area (Å²) in [5, 5.41) is 0. The topological polar surface area (TPSA) is 59.1 Å². The third-order valence-electron chi connectivity index (χ3n) is 5.92. The minimum atomic E-state index is -0.571. The molecule has 0 saturated heterocycles. The largest absolute Gasteiger partial charge is 0.493 e. The molecule has 4 aromatic rings. The molecule has 0 aliphatic heterocycles. The first-order chi connectivity index (χ1) is 18.6. The van der Waals surface area contributed by atoms with Crippen LogP contribution in [0.2, 0.25) is 0 Å². The third kappa shape index (κ3) is 6.68. The molecule has 0 unspecified atom stereocenters. The summed E-state index contributed by atoms with van der Waals surface area (Å²) >= 11 is 0. The first-order valence-corrected chi connectivity index (χ1v) is 12.4. The molecule has 0 saturated carbocycles. The minimum Gasteiger partial charge on any atom is -0.493 e. The van der Waals surface area contributed by atoms with Gasteiger partial charge in [-0.1, -0.05) is 72.8 Å². The number of amides is 2. The highest BCUT2D eigenvalue weighted by Crippen LogP contribution is 2.32. The number of ether oxygens (including phenoxy) is 2. The number of carbonyl (C=O) groups excluding carboxylic acids is 2. The summed E-state index contributed by atoms with van der Waals surface area (Å²) < 4.78 is 11.3. The Morgan fingerprint density at radius 3 is 1.89 bits per heavy atom. The van der Waals surface area contributed by atoms with Crippen LogP contribution in [0.25, 0.3) is 6.08 Å². The van der Waals surface area contributed by atoms with Crippen molar-refractivity contribution in [3.63, 3.8) is 0 Å².